The molecule has 1 atom stereocenters. The SMILES string of the molecule is COCCN1CCCC2(CCCN2C(=O)c2cc3c(nc2OC)CCC3)C1=O. The van der Waals surface area contributed by atoms with Gasteiger partial charge in [-0.25, -0.2) is 4.98 Å². The summed E-state index contributed by atoms with van der Waals surface area (Å²) in [5.41, 5.74) is 1.93. The largest absolute Gasteiger partial charge is 0.480 e. The smallest absolute Gasteiger partial charge is 0.260 e. The summed E-state index contributed by atoms with van der Waals surface area (Å²) in [5.74, 6) is 0.320. The molecule has 152 valence electrons. The first-order valence-electron chi connectivity index (χ1n) is 10.3. The Morgan fingerprint density at radius 3 is 2.71 bits per heavy atom. The fraction of sp³-hybridized carbons (Fsp3) is 0.667. The first kappa shape index (κ1) is 19.2. The van der Waals surface area contributed by atoms with E-state index in [-0.39, 0.29) is 11.8 Å². The molecule has 3 aliphatic rings. The number of piperidine rings is 1. The Morgan fingerprint density at radius 1 is 1.18 bits per heavy atom. The van der Waals surface area contributed by atoms with E-state index in [4.69, 9.17) is 9.47 Å². The van der Waals surface area contributed by atoms with Gasteiger partial charge in [0.25, 0.3) is 5.91 Å². The summed E-state index contributed by atoms with van der Waals surface area (Å²) in [7, 11) is 3.20. The van der Waals surface area contributed by atoms with Crippen LogP contribution in [0.5, 0.6) is 5.88 Å². The highest BCUT2D eigenvalue weighted by atomic mass is 16.5. The summed E-state index contributed by atoms with van der Waals surface area (Å²) in [4.78, 5) is 35.2. The molecule has 2 saturated heterocycles. The van der Waals surface area contributed by atoms with E-state index in [9.17, 15) is 9.59 Å². The zero-order valence-corrected chi connectivity index (χ0v) is 16.8. The molecule has 2 aliphatic heterocycles. The van der Waals surface area contributed by atoms with E-state index in [0.29, 0.717) is 31.1 Å². The highest BCUT2D eigenvalue weighted by Gasteiger charge is 2.53. The van der Waals surface area contributed by atoms with E-state index in [1.165, 1.54) is 0 Å². The summed E-state index contributed by atoms with van der Waals surface area (Å²) in [6, 6.07) is 1.94. The number of carbonyl (C=O) groups is 2. The van der Waals surface area contributed by atoms with E-state index >= 15 is 0 Å². The number of hydrogen-bond donors (Lipinski definition) is 0. The minimum atomic E-state index is -0.729. The van der Waals surface area contributed by atoms with Crippen LogP contribution in [0.4, 0.5) is 0 Å². The molecular weight excluding hydrogens is 358 g/mol. The molecular formula is C21H29N3O4. The van der Waals surface area contributed by atoms with Crippen molar-refractivity contribution >= 4 is 11.8 Å². The van der Waals surface area contributed by atoms with Crippen LogP contribution in [0.3, 0.4) is 0 Å². The van der Waals surface area contributed by atoms with Crippen molar-refractivity contribution in [3.63, 3.8) is 0 Å². The normalized spacial score (nSPS) is 24.1. The average molecular weight is 387 g/mol. The monoisotopic (exact) mass is 387 g/mol. The van der Waals surface area contributed by atoms with Gasteiger partial charge in [-0.1, -0.05) is 0 Å². The van der Waals surface area contributed by atoms with Crippen LogP contribution in [-0.4, -0.2) is 72.6 Å². The molecule has 0 radical (unpaired) electrons. The predicted octanol–water partition coefficient (Wildman–Crippen LogP) is 1.82. The lowest BCUT2D eigenvalue weighted by atomic mass is 9.85. The molecule has 1 aromatic heterocycles. The van der Waals surface area contributed by atoms with Gasteiger partial charge in [-0.15, -0.1) is 0 Å². The second kappa shape index (κ2) is 7.70. The minimum absolute atomic E-state index is 0.0646. The molecule has 0 N–H and O–H groups in total. The molecule has 2 fully saturated rings. The van der Waals surface area contributed by atoms with E-state index in [2.05, 4.69) is 4.98 Å². The summed E-state index contributed by atoms with van der Waals surface area (Å²) < 4.78 is 10.6. The lowest BCUT2D eigenvalue weighted by Crippen LogP contribution is -2.61. The molecule has 1 aliphatic carbocycles. The Morgan fingerprint density at radius 2 is 1.96 bits per heavy atom. The summed E-state index contributed by atoms with van der Waals surface area (Å²) in [6.45, 7) is 2.42. The third-order valence-corrected chi connectivity index (χ3v) is 6.44. The van der Waals surface area contributed by atoms with Crippen LogP contribution < -0.4 is 4.74 Å². The Kier molecular flexibility index (Phi) is 5.27. The molecule has 1 spiro atoms. The van der Waals surface area contributed by atoms with Crippen LogP contribution in [0.2, 0.25) is 0 Å². The standard InChI is InChI=1S/C21H29N3O4/c1-27-13-12-23-10-4-8-21(20(23)26)9-5-11-24(21)19(25)16-14-15-6-3-7-17(15)22-18(16)28-2/h14H,3-13H2,1-2H3. The Hall–Kier alpha value is -2.15. The van der Waals surface area contributed by atoms with Gasteiger partial charge in [0.15, 0.2) is 0 Å². The van der Waals surface area contributed by atoms with Crippen LogP contribution in [0.1, 0.15) is 53.7 Å². The Balaban J connectivity index is 1.65. The fourth-order valence-electron chi connectivity index (χ4n) is 5.04. The van der Waals surface area contributed by atoms with Crippen molar-refractivity contribution in [1.29, 1.82) is 0 Å². The summed E-state index contributed by atoms with van der Waals surface area (Å²) >= 11 is 0. The van der Waals surface area contributed by atoms with E-state index in [1.807, 2.05) is 11.0 Å². The van der Waals surface area contributed by atoms with Gasteiger partial charge in [0.2, 0.25) is 11.8 Å². The molecule has 2 amide bonds. The lowest BCUT2D eigenvalue weighted by Gasteiger charge is -2.44. The molecule has 4 rings (SSSR count). The zero-order valence-electron chi connectivity index (χ0n) is 16.8. The van der Waals surface area contributed by atoms with Crippen molar-refractivity contribution in [3.05, 3.63) is 22.9 Å². The van der Waals surface area contributed by atoms with Crippen LogP contribution in [0.25, 0.3) is 0 Å². The highest BCUT2D eigenvalue weighted by Crippen LogP contribution is 2.40. The number of aryl methyl sites for hydroxylation is 2. The number of nitrogens with zero attached hydrogens (tertiary/aromatic N) is 3. The number of pyridine rings is 1. The Bertz CT molecular complexity index is 781. The van der Waals surface area contributed by atoms with E-state index < -0.39 is 5.54 Å². The first-order chi connectivity index (χ1) is 13.6. The summed E-state index contributed by atoms with van der Waals surface area (Å²) in [6.07, 6.45) is 6.13. The van der Waals surface area contributed by atoms with E-state index in [0.717, 1.165) is 62.7 Å². The van der Waals surface area contributed by atoms with E-state index in [1.54, 1.807) is 19.1 Å². The molecule has 0 aromatic carbocycles. The van der Waals surface area contributed by atoms with Crippen LogP contribution in [0, 0.1) is 0 Å². The summed E-state index contributed by atoms with van der Waals surface area (Å²) in [5, 5.41) is 0. The fourth-order valence-corrected chi connectivity index (χ4v) is 5.04. The second-order valence-corrected chi connectivity index (χ2v) is 7.99. The number of hydrogen-bond acceptors (Lipinski definition) is 5. The van der Waals surface area contributed by atoms with Crippen molar-refractivity contribution in [2.75, 3.05) is 40.5 Å². The van der Waals surface area contributed by atoms with Gasteiger partial charge in [-0.3, -0.25) is 9.59 Å². The van der Waals surface area contributed by atoms with Gasteiger partial charge in [0, 0.05) is 32.4 Å². The lowest BCUT2D eigenvalue weighted by molar-refractivity contribution is -0.146. The maximum atomic E-state index is 13.6. The topological polar surface area (TPSA) is 72.0 Å². The quantitative estimate of drug-likeness (QED) is 0.771. The molecule has 7 heteroatoms. The van der Waals surface area contributed by atoms with Crippen LogP contribution in [0.15, 0.2) is 6.07 Å². The molecule has 0 bridgehead atoms. The Labute approximate surface area is 166 Å². The van der Waals surface area contributed by atoms with Crippen LogP contribution in [-0.2, 0) is 22.4 Å². The highest BCUT2D eigenvalue weighted by molar-refractivity contribution is 6.01. The predicted molar refractivity (Wildman–Crippen MR) is 104 cm³/mol. The first-order valence-corrected chi connectivity index (χ1v) is 10.3. The number of carbonyl (C=O) groups excluding carboxylic acids is 2. The molecule has 28 heavy (non-hydrogen) atoms. The number of rotatable bonds is 5. The van der Waals surface area contributed by atoms with Crippen molar-refractivity contribution < 1.29 is 19.1 Å². The third kappa shape index (κ3) is 3.05. The van der Waals surface area contributed by atoms with Crippen molar-refractivity contribution in [1.82, 2.24) is 14.8 Å². The second-order valence-electron chi connectivity index (χ2n) is 7.99. The van der Waals surface area contributed by atoms with Crippen molar-refractivity contribution in [2.45, 2.75) is 50.5 Å². The van der Waals surface area contributed by atoms with Gasteiger partial charge in [-0.2, -0.15) is 0 Å². The third-order valence-electron chi connectivity index (χ3n) is 6.44. The van der Waals surface area contributed by atoms with Gasteiger partial charge in [0.1, 0.15) is 11.1 Å². The van der Waals surface area contributed by atoms with Gasteiger partial charge < -0.3 is 19.3 Å². The number of ether oxygens (including phenoxy) is 2. The molecule has 1 unspecified atom stereocenters. The van der Waals surface area contributed by atoms with Crippen molar-refractivity contribution in [3.8, 4) is 5.88 Å². The van der Waals surface area contributed by atoms with Crippen LogP contribution >= 0.6 is 0 Å². The number of aromatic nitrogens is 1. The minimum Gasteiger partial charge on any atom is -0.480 e. The molecule has 3 heterocycles. The van der Waals surface area contributed by atoms with Gasteiger partial charge in [0.05, 0.1) is 13.7 Å². The maximum absolute atomic E-state index is 13.6. The number of likely N-dealkylation sites (tertiary alicyclic amines) is 2. The molecule has 1 aromatic rings. The molecule has 7 nitrogen and oxygen atoms in total. The number of fused-ring (bicyclic) bond motifs is 1. The zero-order chi connectivity index (χ0) is 19.7. The number of amides is 2. The van der Waals surface area contributed by atoms with Gasteiger partial charge >= 0.3 is 0 Å². The van der Waals surface area contributed by atoms with Crippen molar-refractivity contribution in [2.24, 2.45) is 0 Å². The molecule has 0 saturated carbocycles. The maximum Gasteiger partial charge on any atom is 0.260 e. The van der Waals surface area contributed by atoms with Gasteiger partial charge in [-0.05, 0) is 56.6 Å². The number of methoxy groups -OCH3 is 2. The average Bonchev–Trinajstić information content (AvgIpc) is 3.34.